The van der Waals surface area contributed by atoms with Gasteiger partial charge in [-0.1, -0.05) is 65.0 Å². The molecule has 29 heavy (non-hydrogen) atoms. The minimum Gasteiger partial charge on any atom is -0.382 e. The fraction of sp³-hybridized carbons (Fsp3) is 0.100. The molecule has 0 aliphatic carbocycles. The Morgan fingerprint density at radius 1 is 1.03 bits per heavy atom. The summed E-state index contributed by atoms with van der Waals surface area (Å²) in [5.41, 5.74) is 8.80. The van der Waals surface area contributed by atoms with Gasteiger partial charge < -0.3 is 5.73 Å². The van der Waals surface area contributed by atoms with Crippen LogP contribution in [0.4, 0.5) is 5.82 Å². The van der Waals surface area contributed by atoms with Crippen LogP contribution in [0.1, 0.15) is 5.56 Å². The predicted molar refractivity (Wildman–Crippen MR) is 116 cm³/mol. The Morgan fingerprint density at radius 3 is 2.52 bits per heavy atom. The smallest absolute Gasteiger partial charge is 0.196 e. The molecule has 2 aromatic carbocycles. The van der Waals surface area contributed by atoms with E-state index in [-0.39, 0.29) is 0 Å². The molecule has 4 rings (SSSR count). The number of hydrogen-bond donors (Lipinski definition) is 1. The first-order valence-corrected chi connectivity index (χ1v) is 10.2. The van der Waals surface area contributed by atoms with Crippen molar-refractivity contribution in [1.82, 2.24) is 29.8 Å². The van der Waals surface area contributed by atoms with Gasteiger partial charge in [-0.25, -0.2) is 4.68 Å². The third kappa shape index (κ3) is 4.03. The molecule has 2 aromatic heterocycles. The Hall–Kier alpha value is -3.10. The number of halogens is 1. The Bertz CT molecular complexity index is 1120. The lowest BCUT2D eigenvalue weighted by atomic mass is 10.2. The highest BCUT2D eigenvalue weighted by Crippen LogP contribution is 2.29. The van der Waals surface area contributed by atoms with Gasteiger partial charge in [0.25, 0.3) is 0 Å². The number of hydrogen-bond acceptors (Lipinski definition) is 6. The van der Waals surface area contributed by atoms with Crippen LogP contribution in [0.2, 0.25) is 5.02 Å². The van der Waals surface area contributed by atoms with E-state index in [1.807, 2.05) is 65.2 Å². The van der Waals surface area contributed by atoms with Crippen molar-refractivity contribution in [2.75, 3.05) is 11.5 Å². The highest BCUT2D eigenvalue weighted by atomic mass is 35.5. The molecule has 0 amide bonds. The summed E-state index contributed by atoms with van der Waals surface area (Å²) < 4.78 is 3.57. The molecule has 146 valence electrons. The van der Waals surface area contributed by atoms with Gasteiger partial charge >= 0.3 is 0 Å². The summed E-state index contributed by atoms with van der Waals surface area (Å²) in [7, 11) is 0. The minimum atomic E-state index is 0.421. The number of nitrogens with zero attached hydrogens (tertiary/aromatic N) is 6. The van der Waals surface area contributed by atoms with Crippen molar-refractivity contribution < 1.29 is 0 Å². The second kappa shape index (κ2) is 8.50. The minimum absolute atomic E-state index is 0.421. The zero-order chi connectivity index (χ0) is 20.2. The summed E-state index contributed by atoms with van der Waals surface area (Å²) in [6.45, 7) is 4.25. The highest BCUT2D eigenvalue weighted by molar-refractivity contribution is 7.99. The molecule has 0 spiro atoms. The van der Waals surface area contributed by atoms with E-state index in [1.165, 1.54) is 11.8 Å². The monoisotopic (exact) mass is 423 g/mol. The van der Waals surface area contributed by atoms with Crippen LogP contribution >= 0.6 is 23.4 Å². The van der Waals surface area contributed by atoms with Gasteiger partial charge in [0, 0.05) is 16.5 Å². The number of anilines is 1. The number of para-hydroxylation sites is 1. The Kier molecular flexibility index (Phi) is 5.64. The van der Waals surface area contributed by atoms with Gasteiger partial charge in [0.1, 0.15) is 0 Å². The van der Waals surface area contributed by atoms with E-state index in [9.17, 15) is 0 Å². The van der Waals surface area contributed by atoms with Crippen LogP contribution in [0.3, 0.4) is 0 Å². The predicted octanol–water partition coefficient (Wildman–Crippen LogP) is 4.09. The molecule has 0 saturated carbocycles. The SMILES string of the molecule is C=CCSc1nnc(-c2nnn(Cc3ccc(Cl)cc3)c2N)n1-c1ccccc1. The number of thioether (sulfide) groups is 1. The van der Waals surface area contributed by atoms with Crippen LogP contribution in [0, 0.1) is 0 Å². The van der Waals surface area contributed by atoms with Crippen molar-refractivity contribution in [2.45, 2.75) is 11.7 Å². The lowest BCUT2D eigenvalue weighted by Gasteiger charge is -2.09. The van der Waals surface area contributed by atoms with E-state index in [4.69, 9.17) is 17.3 Å². The van der Waals surface area contributed by atoms with Gasteiger partial charge in [-0.05, 0) is 29.8 Å². The molecule has 2 N–H and O–H groups in total. The second-order valence-corrected chi connectivity index (χ2v) is 7.61. The molecule has 0 aliphatic heterocycles. The normalized spacial score (nSPS) is 10.9. The van der Waals surface area contributed by atoms with E-state index in [0.29, 0.717) is 34.7 Å². The van der Waals surface area contributed by atoms with Crippen molar-refractivity contribution in [3.8, 4) is 17.2 Å². The molecule has 2 heterocycles. The van der Waals surface area contributed by atoms with Crippen molar-refractivity contribution in [1.29, 1.82) is 0 Å². The molecule has 0 fully saturated rings. The largest absolute Gasteiger partial charge is 0.382 e. The Morgan fingerprint density at radius 2 is 1.79 bits per heavy atom. The molecule has 4 aromatic rings. The van der Waals surface area contributed by atoms with Gasteiger partial charge in [0.2, 0.25) is 0 Å². The fourth-order valence-electron chi connectivity index (χ4n) is 2.82. The van der Waals surface area contributed by atoms with Crippen molar-refractivity contribution in [3.63, 3.8) is 0 Å². The quantitative estimate of drug-likeness (QED) is 0.356. The number of rotatable bonds is 7. The van der Waals surface area contributed by atoms with Crippen LogP contribution in [-0.2, 0) is 6.54 Å². The summed E-state index contributed by atoms with van der Waals surface area (Å²) in [5, 5.41) is 18.6. The van der Waals surface area contributed by atoms with Crippen molar-refractivity contribution in [3.05, 3.63) is 77.8 Å². The van der Waals surface area contributed by atoms with Gasteiger partial charge in [-0.3, -0.25) is 4.57 Å². The van der Waals surface area contributed by atoms with Crippen LogP contribution in [0.5, 0.6) is 0 Å². The standard InChI is InChI=1S/C20H18ClN7S/c1-2-12-29-20-25-24-19(28(20)16-6-4-3-5-7-16)17-18(22)27(26-23-17)13-14-8-10-15(21)11-9-14/h2-11H,1,12-13,22H2. The average molecular weight is 424 g/mol. The number of aromatic nitrogens is 6. The summed E-state index contributed by atoms with van der Waals surface area (Å²) in [4.78, 5) is 0. The maximum Gasteiger partial charge on any atom is 0.196 e. The maximum atomic E-state index is 6.38. The summed E-state index contributed by atoms with van der Waals surface area (Å²) in [6, 6.07) is 17.4. The number of benzene rings is 2. The van der Waals surface area contributed by atoms with Gasteiger partial charge in [-0.15, -0.1) is 21.9 Å². The molecule has 9 heteroatoms. The second-order valence-electron chi connectivity index (χ2n) is 6.18. The van der Waals surface area contributed by atoms with E-state index in [2.05, 4.69) is 27.1 Å². The molecule has 0 atom stereocenters. The van der Waals surface area contributed by atoms with Gasteiger partial charge in [0.15, 0.2) is 22.5 Å². The first-order chi connectivity index (χ1) is 14.2. The molecule has 0 bridgehead atoms. The third-order valence-corrected chi connectivity index (χ3v) is 5.39. The fourth-order valence-corrected chi connectivity index (χ4v) is 3.63. The molecule has 0 unspecified atom stereocenters. The topological polar surface area (TPSA) is 87.4 Å². The number of nitrogens with two attached hydrogens (primary N) is 1. The van der Waals surface area contributed by atoms with E-state index >= 15 is 0 Å². The average Bonchev–Trinajstić information content (AvgIpc) is 3.32. The van der Waals surface area contributed by atoms with E-state index < -0.39 is 0 Å². The van der Waals surface area contributed by atoms with Gasteiger partial charge in [-0.2, -0.15) is 0 Å². The van der Waals surface area contributed by atoms with Crippen LogP contribution < -0.4 is 5.73 Å². The summed E-state index contributed by atoms with van der Waals surface area (Å²) >= 11 is 7.50. The Labute approximate surface area is 177 Å². The van der Waals surface area contributed by atoms with Gasteiger partial charge in [0.05, 0.1) is 6.54 Å². The van der Waals surface area contributed by atoms with Crippen LogP contribution in [0.15, 0.2) is 72.4 Å². The zero-order valence-electron chi connectivity index (χ0n) is 15.4. The highest BCUT2D eigenvalue weighted by Gasteiger charge is 2.22. The summed E-state index contributed by atoms with van der Waals surface area (Å²) in [6.07, 6.45) is 1.82. The molecule has 0 saturated heterocycles. The lowest BCUT2D eigenvalue weighted by Crippen LogP contribution is -2.07. The Balaban J connectivity index is 1.73. The molecular formula is C20H18ClN7S. The van der Waals surface area contributed by atoms with Crippen molar-refractivity contribution >= 4 is 29.2 Å². The van der Waals surface area contributed by atoms with E-state index in [0.717, 1.165) is 16.4 Å². The molecular weight excluding hydrogens is 406 g/mol. The molecule has 0 radical (unpaired) electrons. The van der Waals surface area contributed by atoms with Crippen LogP contribution in [0.25, 0.3) is 17.2 Å². The first kappa shape index (κ1) is 19.2. The summed E-state index contributed by atoms with van der Waals surface area (Å²) in [5.74, 6) is 1.68. The molecule has 0 aliphatic rings. The maximum absolute atomic E-state index is 6.38. The molecule has 7 nitrogen and oxygen atoms in total. The van der Waals surface area contributed by atoms with Crippen LogP contribution in [-0.4, -0.2) is 35.5 Å². The van der Waals surface area contributed by atoms with E-state index in [1.54, 1.807) is 4.68 Å². The van der Waals surface area contributed by atoms with Crippen molar-refractivity contribution in [2.24, 2.45) is 0 Å². The zero-order valence-corrected chi connectivity index (χ0v) is 17.0. The first-order valence-electron chi connectivity index (χ1n) is 8.85. The third-order valence-electron chi connectivity index (χ3n) is 4.21. The number of nitrogen functional groups attached to an aromatic ring is 1. The lowest BCUT2D eigenvalue weighted by molar-refractivity contribution is 0.658.